The number of rotatable bonds is 6. The predicted octanol–water partition coefficient (Wildman–Crippen LogP) is 3.28. The molecule has 0 aliphatic carbocycles. The third-order valence-corrected chi connectivity index (χ3v) is 4.84. The van der Waals surface area contributed by atoms with E-state index < -0.39 is 18.0 Å². The van der Waals surface area contributed by atoms with Crippen LogP contribution in [-0.2, 0) is 21.4 Å². The highest BCUT2D eigenvalue weighted by molar-refractivity contribution is 6.22. The van der Waals surface area contributed by atoms with E-state index >= 15 is 0 Å². The number of primary amides is 1. The van der Waals surface area contributed by atoms with Crippen LogP contribution in [0.5, 0.6) is 5.75 Å². The molecule has 3 rings (SSSR count). The predicted molar refractivity (Wildman–Crippen MR) is 108 cm³/mol. The molecule has 1 amide bonds. The Bertz CT molecular complexity index is 1070. The highest BCUT2D eigenvalue weighted by Crippen LogP contribution is 2.38. The summed E-state index contributed by atoms with van der Waals surface area (Å²) in [5.41, 5.74) is 8.61. The van der Waals surface area contributed by atoms with Crippen molar-refractivity contribution in [2.75, 3.05) is 7.11 Å². The van der Waals surface area contributed by atoms with Crippen LogP contribution in [0.15, 0.2) is 55.1 Å². The second-order valence-electron chi connectivity index (χ2n) is 6.44. The maximum Gasteiger partial charge on any atom is 0.351 e. The van der Waals surface area contributed by atoms with Crippen LogP contribution in [-0.4, -0.2) is 23.6 Å². The summed E-state index contributed by atoms with van der Waals surface area (Å²) >= 11 is 0. The zero-order valence-electron chi connectivity index (χ0n) is 16.1. The molecule has 3 aromatic rings. The summed E-state index contributed by atoms with van der Waals surface area (Å²) in [7, 11) is 3.20. The van der Waals surface area contributed by atoms with Crippen molar-refractivity contribution in [3.8, 4) is 5.75 Å². The van der Waals surface area contributed by atoms with Gasteiger partial charge in [0.2, 0.25) is 12.0 Å². The highest BCUT2D eigenvalue weighted by Gasteiger charge is 2.27. The van der Waals surface area contributed by atoms with Crippen molar-refractivity contribution in [2.24, 2.45) is 12.8 Å². The van der Waals surface area contributed by atoms with Gasteiger partial charge in [0.25, 0.3) is 0 Å². The fraction of sp³-hybridized carbons (Fsp3) is 0.182. The van der Waals surface area contributed by atoms with Gasteiger partial charge in [-0.05, 0) is 19.1 Å². The molecule has 2 aromatic carbocycles. The summed E-state index contributed by atoms with van der Waals surface area (Å²) in [6.07, 6.45) is -0.952. The minimum absolute atomic E-state index is 0.188. The standard InChI is InChI=1S/C22H22N2O4/c1-13(21(23)25)18-14(2)24(3)16-11-8-12-17(19(16)18)28-20(22(26)27-4)15-9-6-5-7-10-15/h5-12,20H,1H2,2-4H3,(H2,23,25). The number of esters is 1. The monoisotopic (exact) mass is 378 g/mol. The van der Waals surface area contributed by atoms with Crippen LogP contribution in [0.2, 0.25) is 0 Å². The van der Waals surface area contributed by atoms with Crippen LogP contribution < -0.4 is 10.5 Å². The number of carbonyl (C=O) groups excluding carboxylic acids is 2. The summed E-state index contributed by atoms with van der Waals surface area (Å²) in [6, 6.07) is 14.6. The fourth-order valence-corrected chi connectivity index (χ4v) is 3.28. The van der Waals surface area contributed by atoms with Gasteiger partial charge in [-0.1, -0.05) is 43.0 Å². The lowest BCUT2D eigenvalue weighted by Crippen LogP contribution is -2.20. The molecule has 0 radical (unpaired) electrons. The van der Waals surface area contributed by atoms with E-state index in [0.717, 1.165) is 11.2 Å². The molecule has 0 saturated heterocycles. The number of hydrogen-bond acceptors (Lipinski definition) is 4. The van der Waals surface area contributed by atoms with Gasteiger partial charge in [0.1, 0.15) is 5.75 Å². The first-order valence-corrected chi connectivity index (χ1v) is 8.73. The molecule has 0 aliphatic heterocycles. The summed E-state index contributed by atoms with van der Waals surface area (Å²) < 4.78 is 13.0. The van der Waals surface area contributed by atoms with Gasteiger partial charge in [0.15, 0.2) is 0 Å². The Kier molecular flexibility index (Phi) is 5.22. The van der Waals surface area contributed by atoms with Gasteiger partial charge < -0.3 is 19.8 Å². The molecule has 1 heterocycles. The number of nitrogens with two attached hydrogens (primary N) is 1. The number of methoxy groups -OCH3 is 1. The normalized spacial score (nSPS) is 11.8. The number of nitrogens with zero attached hydrogens (tertiary/aromatic N) is 1. The Morgan fingerprint density at radius 3 is 2.39 bits per heavy atom. The SMILES string of the molecule is C=C(C(N)=O)c1c(C)n(C)c2cccc(OC(C(=O)OC)c3ccccc3)c12. The number of carbonyl (C=O) groups is 2. The molecule has 28 heavy (non-hydrogen) atoms. The number of aryl methyl sites for hydroxylation is 1. The van der Waals surface area contributed by atoms with Crippen LogP contribution >= 0.6 is 0 Å². The van der Waals surface area contributed by atoms with Crippen LogP contribution in [0.3, 0.4) is 0 Å². The quantitative estimate of drug-likeness (QED) is 0.527. The molecule has 0 aliphatic rings. The van der Waals surface area contributed by atoms with Crippen molar-refractivity contribution in [3.63, 3.8) is 0 Å². The van der Waals surface area contributed by atoms with Crippen molar-refractivity contribution in [1.82, 2.24) is 4.57 Å². The lowest BCUT2D eigenvalue weighted by atomic mass is 10.0. The third-order valence-electron chi connectivity index (χ3n) is 4.84. The Morgan fingerprint density at radius 1 is 1.11 bits per heavy atom. The average molecular weight is 378 g/mol. The van der Waals surface area contributed by atoms with Gasteiger partial charge in [0.05, 0.1) is 18.0 Å². The zero-order valence-corrected chi connectivity index (χ0v) is 16.1. The van der Waals surface area contributed by atoms with E-state index in [2.05, 4.69) is 6.58 Å². The zero-order chi connectivity index (χ0) is 20.4. The molecule has 1 unspecified atom stereocenters. The molecule has 0 fully saturated rings. The summed E-state index contributed by atoms with van der Waals surface area (Å²) in [5.74, 6) is -0.693. The number of hydrogen-bond donors (Lipinski definition) is 1. The Labute approximate surface area is 163 Å². The first kappa shape index (κ1) is 19.2. The molecular formula is C22H22N2O4. The molecule has 2 N–H and O–H groups in total. The molecule has 0 spiro atoms. The number of fused-ring (bicyclic) bond motifs is 1. The van der Waals surface area contributed by atoms with Crippen LogP contribution in [0.25, 0.3) is 16.5 Å². The molecule has 1 aromatic heterocycles. The van der Waals surface area contributed by atoms with Gasteiger partial charge >= 0.3 is 5.97 Å². The van der Waals surface area contributed by atoms with Crippen molar-refractivity contribution in [1.29, 1.82) is 0 Å². The highest BCUT2D eigenvalue weighted by atomic mass is 16.6. The third kappa shape index (κ3) is 3.24. The van der Waals surface area contributed by atoms with Crippen LogP contribution in [0.4, 0.5) is 0 Å². The minimum atomic E-state index is -0.952. The van der Waals surface area contributed by atoms with Crippen molar-refractivity contribution in [3.05, 3.63) is 71.9 Å². The molecule has 144 valence electrons. The summed E-state index contributed by atoms with van der Waals surface area (Å²) in [5, 5.41) is 0.677. The summed E-state index contributed by atoms with van der Waals surface area (Å²) in [4.78, 5) is 24.2. The molecule has 6 nitrogen and oxygen atoms in total. The molecule has 6 heteroatoms. The van der Waals surface area contributed by atoms with E-state index in [1.807, 2.05) is 48.9 Å². The van der Waals surface area contributed by atoms with Gasteiger partial charge in [-0.3, -0.25) is 4.79 Å². The lowest BCUT2D eigenvalue weighted by molar-refractivity contribution is -0.149. The topological polar surface area (TPSA) is 83.5 Å². The van der Waals surface area contributed by atoms with E-state index in [1.54, 1.807) is 18.2 Å². The average Bonchev–Trinajstić information content (AvgIpc) is 2.97. The largest absolute Gasteiger partial charge is 0.473 e. The van der Waals surface area contributed by atoms with E-state index in [4.69, 9.17) is 15.2 Å². The first-order chi connectivity index (χ1) is 13.4. The van der Waals surface area contributed by atoms with Gasteiger partial charge in [-0.25, -0.2) is 4.79 Å². The molecular weight excluding hydrogens is 356 g/mol. The van der Waals surface area contributed by atoms with Crippen molar-refractivity contribution in [2.45, 2.75) is 13.0 Å². The van der Waals surface area contributed by atoms with E-state index in [9.17, 15) is 9.59 Å². The second kappa shape index (κ2) is 7.60. The molecule has 0 saturated carbocycles. The molecule has 1 atom stereocenters. The minimum Gasteiger partial charge on any atom is -0.473 e. The second-order valence-corrected chi connectivity index (χ2v) is 6.44. The Balaban J connectivity index is 2.20. The number of aromatic nitrogens is 1. The number of amides is 1. The van der Waals surface area contributed by atoms with E-state index in [1.165, 1.54) is 7.11 Å². The van der Waals surface area contributed by atoms with Gasteiger partial charge in [0, 0.05) is 29.4 Å². The van der Waals surface area contributed by atoms with Gasteiger partial charge in [-0.2, -0.15) is 0 Å². The lowest BCUT2D eigenvalue weighted by Gasteiger charge is -2.18. The maximum absolute atomic E-state index is 12.4. The van der Waals surface area contributed by atoms with Crippen LogP contribution in [0.1, 0.15) is 22.9 Å². The Morgan fingerprint density at radius 2 is 1.79 bits per heavy atom. The van der Waals surface area contributed by atoms with Crippen molar-refractivity contribution >= 4 is 28.4 Å². The Hall–Kier alpha value is -3.54. The van der Waals surface area contributed by atoms with E-state index in [-0.39, 0.29) is 5.57 Å². The number of benzene rings is 2. The van der Waals surface area contributed by atoms with Crippen molar-refractivity contribution < 1.29 is 19.1 Å². The summed E-state index contributed by atoms with van der Waals surface area (Å²) in [6.45, 7) is 5.72. The van der Waals surface area contributed by atoms with Crippen LogP contribution in [0, 0.1) is 6.92 Å². The van der Waals surface area contributed by atoms with E-state index in [0.29, 0.717) is 22.3 Å². The first-order valence-electron chi connectivity index (χ1n) is 8.73. The molecule has 0 bridgehead atoms. The number of ether oxygens (including phenoxy) is 2. The smallest absolute Gasteiger partial charge is 0.351 e. The fourth-order valence-electron chi connectivity index (χ4n) is 3.28. The van der Waals surface area contributed by atoms with Gasteiger partial charge in [-0.15, -0.1) is 0 Å². The maximum atomic E-state index is 12.4.